The van der Waals surface area contributed by atoms with E-state index in [9.17, 15) is 14.7 Å². The monoisotopic (exact) mass is 338 g/mol. The predicted molar refractivity (Wildman–Crippen MR) is 88.9 cm³/mol. The molecule has 0 radical (unpaired) electrons. The number of imide groups is 1. The summed E-state index contributed by atoms with van der Waals surface area (Å²) in [7, 11) is 1.46. The van der Waals surface area contributed by atoms with Gasteiger partial charge in [-0.3, -0.25) is 9.59 Å². The van der Waals surface area contributed by atoms with Crippen LogP contribution in [0.4, 0.5) is 0 Å². The van der Waals surface area contributed by atoms with E-state index in [4.69, 9.17) is 4.74 Å². The number of carbonyl (C=O) groups is 2. The van der Waals surface area contributed by atoms with Gasteiger partial charge in [0.25, 0.3) is 11.8 Å². The number of ether oxygens (including phenoxy) is 1. The second-order valence-corrected chi connectivity index (χ2v) is 7.39. The first-order chi connectivity index (χ1) is 12.1. The summed E-state index contributed by atoms with van der Waals surface area (Å²) in [5, 5.41) is 14.8. The van der Waals surface area contributed by atoms with Gasteiger partial charge in [-0.1, -0.05) is 12.2 Å². The van der Waals surface area contributed by atoms with Crippen LogP contribution in [-0.4, -0.2) is 35.3 Å². The van der Waals surface area contributed by atoms with Crippen molar-refractivity contribution in [2.24, 2.45) is 34.2 Å². The van der Waals surface area contributed by atoms with Crippen molar-refractivity contribution in [3.05, 3.63) is 35.9 Å². The molecule has 5 rings (SSSR count). The van der Waals surface area contributed by atoms with E-state index in [0.29, 0.717) is 11.3 Å². The first kappa shape index (κ1) is 14.7. The Morgan fingerprint density at radius 2 is 1.84 bits per heavy atom. The van der Waals surface area contributed by atoms with E-state index in [1.165, 1.54) is 19.4 Å². The number of amides is 2. The fraction of sp³-hybridized carbons (Fsp3) is 0.421. The molecule has 1 N–H and O–H groups in total. The second kappa shape index (κ2) is 4.71. The summed E-state index contributed by atoms with van der Waals surface area (Å²) < 4.78 is 5.06. The summed E-state index contributed by atoms with van der Waals surface area (Å²) in [4.78, 5) is 25.6. The molecule has 4 atom stereocenters. The quantitative estimate of drug-likeness (QED) is 0.519. The van der Waals surface area contributed by atoms with E-state index in [-0.39, 0.29) is 46.7 Å². The minimum atomic E-state index is -0.239. The fourth-order valence-electron chi connectivity index (χ4n) is 5.08. The van der Waals surface area contributed by atoms with Gasteiger partial charge in [-0.25, -0.2) is 0 Å². The number of nitrogens with zero attached hydrogens (tertiary/aromatic N) is 2. The van der Waals surface area contributed by atoms with E-state index >= 15 is 0 Å². The number of rotatable bonds is 3. The van der Waals surface area contributed by atoms with E-state index < -0.39 is 0 Å². The number of phenols is 1. The molecular weight excluding hydrogens is 320 g/mol. The van der Waals surface area contributed by atoms with Crippen molar-refractivity contribution in [3.8, 4) is 11.5 Å². The number of allylic oxidation sites excluding steroid dienone is 2. The van der Waals surface area contributed by atoms with E-state index in [1.807, 2.05) is 0 Å². The Labute approximate surface area is 144 Å². The summed E-state index contributed by atoms with van der Waals surface area (Å²) in [6.07, 6.45) is 7.99. The highest BCUT2D eigenvalue weighted by Crippen LogP contribution is 2.73. The number of hydrogen-bond acceptors (Lipinski definition) is 5. The highest BCUT2D eigenvalue weighted by Gasteiger charge is 2.73. The average molecular weight is 338 g/mol. The van der Waals surface area contributed by atoms with Crippen molar-refractivity contribution < 1.29 is 19.4 Å². The molecule has 1 saturated heterocycles. The van der Waals surface area contributed by atoms with Crippen molar-refractivity contribution in [1.29, 1.82) is 0 Å². The van der Waals surface area contributed by atoms with Crippen molar-refractivity contribution >= 4 is 18.0 Å². The molecule has 0 unspecified atom stereocenters. The van der Waals surface area contributed by atoms with Crippen LogP contribution in [-0.2, 0) is 9.59 Å². The van der Waals surface area contributed by atoms with E-state index in [2.05, 4.69) is 17.3 Å². The van der Waals surface area contributed by atoms with Crippen molar-refractivity contribution in [3.63, 3.8) is 0 Å². The van der Waals surface area contributed by atoms with E-state index in [1.54, 1.807) is 12.1 Å². The first-order valence-electron chi connectivity index (χ1n) is 8.54. The lowest BCUT2D eigenvalue weighted by atomic mass is 9.85. The Bertz CT molecular complexity index is 821. The summed E-state index contributed by atoms with van der Waals surface area (Å²) in [6, 6.07) is 4.75. The molecule has 3 fully saturated rings. The Balaban J connectivity index is 1.42. The van der Waals surface area contributed by atoms with Gasteiger partial charge in [0.05, 0.1) is 25.2 Å². The summed E-state index contributed by atoms with van der Waals surface area (Å²) in [5.41, 5.74) is 0.841. The van der Waals surface area contributed by atoms with Gasteiger partial charge in [-0.05, 0) is 53.9 Å². The zero-order valence-corrected chi connectivity index (χ0v) is 13.8. The van der Waals surface area contributed by atoms with Crippen LogP contribution in [0.5, 0.6) is 11.5 Å². The lowest BCUT2D eigenvalue weighted by Gasteiger charge is -2.18. The molecule has 1 aliphatic heterocycles. The summed E-state index contributed by atoms with van der Waals surface area (Å²) in [6.45, 7) is 0. The topological polar surface area (TPSA) is 79.2 Å². The third kappa shape index (κ3) is 1.77. The zero-order chi connectivity index (χ0) is 17.3. The maximum atomic E-state index is 12.8. The van der Waals surface area contributed by atoms with Gasteiger partial charge in [-0.2, -0.15) is 10.1 Å². The van der Waals surface area contributed by atoms with Crippen LogP contribution >= 0.6 is 0 Å². The van der Waals surface area contributed by atoms with Crippen LogP contribution in [0, 0.1) is 29.1 Å². The van der Waals surface area contributed by atoms with E-state index in [0.717, 1.165) is 17.9 Å². The normalized spacial score (nSPS) is 33.7. The van der Waals surface area contributed by atoms with Crippen molar-refractivity contribution in [1.82, 2.24) is 5.01 Å². The van der Waals surface area contributed by atoms with Crippen LogP contribution in [0.25, 0.3) is 0 Å². The molecule has 3 aliphatic carbocycles. The maximum absolute atomic E-state index is 12.8. The van der Waals surface area contributed by atoms with Gasteiger partial charge in [-0.15, -0.1) is 0 Å². The van der Waals surface area contributed by atoms with Gasteiger partial charge >= 0.3 is 0 Å². The van der Waals surface area contributed by atoms with Gasteiger partial charge in [0.1, 0.15) is 0 Å². The summed E-state index contributed by atoms with van der Waals surface area (Å²) in [5.74, 6) is -0.0909. The maximum Gasteiger partial charge on any atom is 0.254 e. The summed E-state index contributed by atoms with van der Waals surface area (Å²) >= 11 is 0. The lowest BCUT2D eigenvalue weighted by molar-refractivity contribution is -0.141. The number of hydrazone groups is 1. The molecule has 1 spiro atoms. The number of benzene rings is 1. The van der Waals surface area contributed by atoms with Crippen LogP contribution in [0.1, 0.15) is 18.4 Å². The molecule has 2 saturated carbocycles. The fourth-order valence-corrected chi connectivity index (χ4v) is 5.08. The molecule has 1 aromatic carbocycles. The van der Waals surface area contributed by atoms with Gasteiger partial charge in [0.2, 0.25) is 0 Å². The standard InChI is InChI=1S/C19H18N2O4/c1-25-14-8-10(2-5-13(14)22)9-20-21-17(23)15-11-3-4-12(16(15)18(21)24)19(11)6-7-19/h2-5,8-9,11-12,15-16,22H,6-7H2,1H3/b20-9+/t11-,12+,15+,16-. The van der Waals surface area contributed by atoms with Crippen LogP contribution in [0.15, 0.2) is 35.5 Å². The molecule has 2 bridgehead atoms. The number of phenolic OH excluding ortho intramolecular Hbond substituents is 1. The minimum absolute atomic E-state index is 0.0277. The van der Waals surface area contributed by atoms with Crippen LogP contribution in [0.2, 0.25) is 0 Å². The van der Waals surface area contributed by atoms with Crippen molar-refractivity contribution in [2.75, 3.05) is 7.11 Å². The molecule has 4 aliphatic rings. The Morgan fingerprint density at radius 1 is 1.20 bits per heavy atom. The third-order valence-corrected chi connectivity index (χ3v) is 6.36. The van der Waals surface area contributed by atoms with Gasteiger partial charge in [0, 0.05) is 0 Å². The van der Waals surface area contributed by atoms with Crippen molar-refractivity contribution in [2.45, 2.75) is 12.8 Å². The highest BCUT2D eigenvalue weighted by molar-refractivity contribution is 6.07. The molecule has 25 heavy (non-hydrogen) atoms. The molecule has 1 aromatic rings. The minimum Gasteiger partial charge on any atom is -0.504 e. The number of fused-ring (bicyclic) bond motifs is 3. The second-order valence-electron chi connectivity index (χ2n) is 7.39. The highest BCUT2D eigenvalue weighted by atomic mass is 16.5. The first-order valence-corrected chi connectivity index (χ1v) is 8.54. The Hall–Kier alpha value is -2.63. The molecule has 6 heteroatoms. The molecular formula is C19H18N2O4. The average Bonchev–Trinajstić information content (AvgIpc) is 3.21. The Kier molecular flexibility index (Phi) is 2.77. The number of methoxy groups -OCH3 is 1. The SMILES string of the molecule is COc1cc(/C=N/N2C(=O)[C@@H]3[C@H](C2=O)[C@@H]2C=C[C@H]3C23CC3)ccc1O. The molecule has 2 amide bonds. The molecule has 0 aromatic heterocycles. The smallest absolute Gasteiger partial charge is 0.254 e. The zero-order valence-electron chi connectivity index (χ0n) is 13.8. The lowest BCUT2D eigenvalue weighted by Crippen LogP contribution is -2.30. The predicted octanol–water partition coefficient (Wildman–Crippen LogP) is 1.93. The Morgan fingerprint density at radius 3 is 2.40 bits per heavy atom. The number of carbonyl (C=O) groups excluding carboxylic acids is 2. The third-order valence-electron chi connectivity index (χ3n) is 6.36. The molecule has 1 heterocycles. The van der Waals surface area contributed by atoms with Crippen LogP contribution < -0.4 is 4.74 Å². The van der Waals surface area contributed by atoms with Crippen LogP contribution in [0.3, 0.4) is 0 Å². The molecule has 128 valence electrons. The largest absolute Gasteiger partial charge is 0.504 e. The number of aromatic hydroxyl groups is 1. The number of hydrogen-bond donors (Lipinski definition) is 1. The molecule has 6 nitrogen and oxygen atoms in total. The van der Waals surface area contributed by atoms with Gasteiger partial charge < -0.3 is 9.84 Å². The van der Waals surface area contributed by atoms with Gasteiger partial charge in [0.15, 0.2) is 11.5 Å².